The highest BCUT2D eigenvalue weighted by Crippen LogP contribution is 2.54. The average molecular weight is 639 g/mol. The van der Waals surface area contributed by atoms with Crippen LogP contribution in [0.2, 0.25) is 0 Å². The van der Waals surface area contributed by atoms with E-state index in [-0.39, 0.29) is 29.2 Å². The molecule has 0 saturated carbocycles. The van der Waals surface area contributed by atoms with Crippen molar-refractivity contribution in [3.63, 3.8) is 0 Å². The average Bonchev–Trinajstić information content (AvgIpc) is 3.63. The minimum atomic E-state index is -4.71. The van der Waals surface area contributed by atoms with Gasteiger partial charge in [-0.2, -0.15) is 18.3 Å². The maximum atomic E-state index is 15.7. The fraction of sp³-hybridized carbons (Fsp3) is 0.281. The second-order valence-corrected chi connectivity index (χ2v) is 13.0. The van der Waals surface area contributed by atoms with Crippen LogP contribution < -0.4 is 15.5 Å². The highest BCUT2D eigenvalue weighted by Gasteiger charge is 2.44. The van der Waals surface area contributed by atoms with Crippen LogP contribution in [0.25, 0.3) is 21.5 Å². The number of alkyl halides is 3. The molecule has 0 unspecified atom stereocenters. The topological polar surface area (TPSA) is 95.3 Å². The third-order valence-electron chi connectivity index (χ3n) is 7.71. The van der Waals surface area contributed by atoms with Crippen LogP contribution in [0.4, 0.5) is 44.5 Å². The van der Waals surface area contributed by atoms with Gasteiger partial charge in [0, 0.05) is 29.6 Å². The standard InChI is InChI=1S/C32H30F4N6O2S/c1-16(2)42-25(32(34,35)36)14-21(40-42)26-18(33)13-23(43)28-27(26)31(4,5)15-41(28)22-9-7-6-8-19(22)37-29(44)39-30-38-20-11-10-17(3)12-24(20)45-30/h6-14,16,43H,15H2,1-5H3,(H2,37,38,39,44). The normalized spacial score (nSPS) is 14.3. The number of rotatable bonds is 5. The van der Waals surface area contributed by atoms with Crippen LogP contribution in [0, 0.1) is 12.7 Å². The number of amides is 2. The van der Waals surface area contributed by atoms with Gasteiger partial charge in [0.15, 0.2) is 5.13 Å². The summed E-state index contributed by atoms with van der Waals surface area (Å²) in [5.41, 5.74) is 1.11. The second-order valence-electron chi connectivity index (χ2n) is 12.0. The zero-order valence-electron chi connectivity index (χ0n) is 25.0. The first-order valence-corrected chi connectivity index (χ1v) is 15.0. The Morgan fingerprint density at radius 3 is 2.51 bits per heavy atom. The van der Waals surface area contributed by atoms with Gasteiger partial charge >= 0.3 is 12.2 Å². The number of carbonyl (C=O) groups excluding carboxylic acids is 1. The van der Waals surface area contributed by atoms with E-state index < -0.39 is 35.2 Å². The van der Waals surface area contributed by atoms with Gasteiger partial charge in [-0.05, 0) is 62.2 Å². The number of phenolic OH excluding ortho intramolecular Hbond substituents is 1. The molecule has 0 saturated heterocycles. The largest absolute Gasteiger partial charge is 0.506 e. The van der Waals surface area contributed by atoms with Crippen molar-refractivity contribution in [3.05, 3.63) is 77.2 Å². The Kier molecular flexibility index (Phi) is 7.26. The van der Waals surface area contributed by atoms with Gasteiger partial charge in [-0.1, -0.05) is 43.4 Å². The van der Waals surface area contributed by atoms with Crippen LogP contribution in [0.5, 0.6) is 5.75 Å². The van der Waals surface area contributed by atoms with Crippen LogP contribution in [-0.2, 0) is 11.6 Å². The van der Waals surface area contributed by atoms with Crippen LogP contribution in [0.15, 0.2) is 54.6 Å². The molecule has 0 fully saturated rings. The SMILES string of the molecule is Cc1ccc2nc(NC(=O)Nc3ccccc3N3CC(C)(C)c4c(-c5cc(C(F)(F)F)n(C(C)C)n5)c(F)cc(O)c43)sc2c1. The number of anilines is 4. The third kappa shape index (κ3) is 5.45. The number of hydrogen-bond donors (Lipinski definition) is 3. The van der Waals surface area contributed by atoms with Crippen molar-refractivity contribution in [1.82, 2.24) is 14.8 Å². The molecular weight excluding hydrogens is 608 g/mol. The molecule has 6 rings (SSSR count). The van der Waals surface area contributed by atoms with Gasteiger partial charge in [0.1, 0.15) is 17.3 Å². The monoisotopic (exact) mass is 638 g/mol. The van der Waals surface area contributed by atoms with E-state index in [1.54, 1.807) is 43.0 Å². The molecule has 1 aliphatic heterocycles. The van der Waals surface area contributed by atoms with Crippen molar-refractivity contribution in [2.24, 2.45) is 0 Å². The van der Waals surface area contributed by atoms with E-state index in [0.29, 0.717) is 22.1 Å². The molecule has 0 spiro atoms. The van der Waals surface area contributed by atoms with Gasteiger partial charge in [-0.25, -0.2) is 14.2 Å². The van der Waals surface area contributed by atoms with E-state index in [2.05, 4.69) is 20.7 Å². The van der Waals surface area contributed by atoms with E-state index in [9.17, 15) is 23.1 Å². The predicted octanol–water partition coefficient (Wildman–Crippen LogP) is 8.99. The number of benzene rings is 3. The molecule has 13 heteroatoms. The summed E-state index contributed by atoms with van der Waals surface area (Å²) in [6.45, 7) is 8.95. The van der Waals surface area contributed by atoms with Gasteiger partial charge in [0.2, 0.25) is 0 Å². The van der Waals surface area contributed by atoms with Crippen molar-refractivity contribution in [3.8, 4) is 17.0 Å². The number of phenols is 1. The van der Waals surface area contributed by atoms with Crippen LogP contribution in [0.1, 0.15) is 50.6 Å². The fourth-order valence-corrected chi connectivity index (χ4v) is 6.80. The Bertz CT molecular complexity index is 1960. The van der Waals surface area contributed by atoms with Crippen LogP contribution in [-0.4, -0.2) is 32.4 Å². The lowest BCUT2D eigenvalue weighted by Crippen LogP contribution is -2.27. The molecule has 45 heavy (non-hydrogen) atoms. The number of urea groups is 1. The summed E-state index contributed by atoms with van der Waals surface area (Å²) in [5.74, 6) is -1.28. The minimum absolute atomic E-state index is 0.116. The quantitative estimate of drug-likeness (QED) is 0.167. The van der Waals surface area contributed by atoms with Gasteiger partial charge in [-0.15, -0.1) is 0 Å². The van der Waals surface area contributed by atoms with E-state index >= 15 is 4.39 Å². The molecule has 2 amide bonds. The van der Waals surface area contributed by atoms with Crippen molar-refractivity contribution >= 4 is 49.8 Å². The summed E-state index contributed by atoms with van der Waals surface area (Å²) >= 11 is 1.34. The van der Waals surface area contributed by atoms with E-state index in [1.165, 1.54) is 11.3 Å². The van der Waals surface area contributed by atoms with Crippen molar-refractivity contribution in [2.75, 3.05) is 22.1 Å². The van der Waals surface area contributed by atoms with Crippen molar-refractivity contribution in [1.29, 1.82) is 0 Å². The van der Waals surface area contributed by atoms with Gasteiger partial charge < -0.3 is 15.3 Å². The minimum Gasteiger partial charge on any atom is -0.506 e. The summed E-state index contributed by atoms with van der Waals surface area (Å²) in [6.07, 6.45) is -4.71. The molecule has 0 bridgehead atoms. The molecule has 2 aromatic heterocycles. The molecule has 3 N–H and O–H groups in total. The number of aromatic hydroxyl groups is 1. The fourth-order valence-electron chi connectivity index (χ4n) is 5.84. The van der Waals surface area contributed by atoms with Gasteiger partial charge in [0.25, 0.3) is 0 Å². The molecule has 234 valence electrons. The summed E-state index contributed by atoms with van der Waals surface area (Å²) in [7, 11) is 0. The lowest BCUT2D eigenvalue weighted by Gasteiger charge is -2.25. The molecule has 8 nitrogen and oxygen atoms in total. The Morgan fingerprint density at radius 1 is 1.09 bits per heavy atom. The van der Waals surface area contributed by atoms with Crippen LogP contribution in [0.3, 0.4) is 0 Å². The molecule has 0 aliphatic carbocycles. The molecular formula is C32H30F4N6O2S. The first-order chi connectivity index (χ1) is 21.1. The Labute approximate surface area is 260 Å². The zero-order valence-corrected chi connectivity index (χ0v) is 25.9. The van der Waals surface area contributed by atoms with Gasteiger partial charge in [0.05, 0.1) is 33.0 Å². The number of halogens is 4. The smallest absolute Gasteiger partial charge is 0.433 e. The molecule has 3 heterocycles. The number of para-hydroxylation sites is 2. The number of hydrogen-bond acceptors (Lipinski definition) is 6. The number of fused-ring (bicyclic) bond motifs is 2. The Morgan fingerprint density at radius 2 is 1.82 bits per heavy atom. The zero-order chi connectivity index (χ0) is 32.4. The van der Waals surface area contributed by atoms with Crippen molar-refractivity contribution < 1.29 is 27.5 Å². The number of nitrogens with one attached hydrogen (secondary N) is 2. The number of carbonyl (C=O) groups is 1. The molecule has 0 radical (unpaired) electrons. The lowest BCUT2D eigenvalue weighted by atomic mass is 9.82. The highest BCUT2D eigenvalue weighted by atomic mass is 32.1. The summed E-state index contributed by atoms with van der Waals surface area (Å²) in [4.78, 5) is 19.3. The maximum absolute atomic E-state index is 15.7. The summed E-state index contributed by atoms with van der Waals surface area (Å²) in [6, 6.07) is 13.3. The number of aromatic nitrogens is 3. The molecule has 5 aromatic rings. The molecule has 0 atom stereocenters. The lowest BCUT2D eigenvalue weighted by molar-refractivity contribution is -0.144. The number of nitrogens with zero attached hydrogens (tertiary/aromatic N) is 4. The van der Waals surface area contributed by atoms with E-state index in [0.717, 1.165) is 32.6 Å². The molecule has 3 aromatic carbocycles. The number of aryl methyl sites for hydroxylation is 1. The predicted molar refractivity (Wildman–Crippen MR) is 168 cm³/mol. The Hall–Kier alpha value is -4.65. The first kappa shape index (κ1) is 30.4. The highest BCUT2D eigenvalue weighted by molar-refractivity contribution is 7.22. The molecule has 1 aliphatic rings. The number of thiazole rings is 1. The Balaban J connectivity index is 1.39. The third-order valence-corrected chi connectivity index (χ3v) is 8.64. The first-order valence-electron chi connectivity index (χ1n) is 14.2. The maximum Gasteiger partial charge on any atom is 0.433 e. The van der Waals surface area contributed by atoms with Crippen LogP contribution >= 0.6 is 11.3 Å². The summed E-state index contributed by atoms with van der Waals surface area (Å²) < 4.78 is 59.2. The van der Waals surface area contributed by atoms with E-state index in [4.69, 9.17) is 0 Å². The van der Waals surface area contributed by atoms with Gasteiger partial charge in [-0.3, -0.25) is 10.00 Å². The second kappa shape index (κ2) is 10.8. The summed E-state index contributed by atoms with van der Waals surface area (Å²) in [5, 5.41) is 21.3. The van der Waals surface area contributed by atoms with Crippen molar-refractivity contribution in [2.45, 2.75) is 52.3 Å². The van der Waals surface area contributed by atoms with E-state index in [1.807, 2.05) is 39.0 Å².